The predicted molar refractivity (Wildman–Crippen MR) is 116 cm³/mol. The molecule has 0 radical (unpaired) electrons. The van der Waals surface area contributed by atoms with Crippen LogP contribution in [0.1, 0.15) is 44.7 Å². The van der Waals surface area contributed by atoms with E-state index in [1.54, 1.807) is 12.1 Å². The molecular formula is C22H30N2O4S. The fraction of sp³-hybridized carbons (Fsp3) is 0.409. The Kier molecular flexibility index (Phi) is 7.81. The maximum absolute atomic E-state index is 12.3. The van der Waals surface area contributed by atoms with Crippen LogP contribution in [0.15, 0.2) is 47.4 Å². The third kappa shape index (κ3) is 6.58. The summed E-state index contributed by atoms with van der Waals surface area (Å²) in [5.74, 6) is 0.661. The molecule has 2 aromatic rings. The number of ether oxygens (including phenoxy) is 1. The molecule has 0 spiro atoms. The summed E-state index contributed by atoms with van der Waals surface area (Å²) in [5.41, 5.74) is 2.88. The van der Waals surface area contributed by atoms with Gasteiger partial charge in [0.1, 0.15) is 5.75 Å². The standard InChI is InChI=1S/C22H30N2O4S/c1-15(2)13-23-29(26,27)19-11-9-18(10-12-19)28-14-21(25)24-22-17(5)7-6-8-20(22)16(3)4/h6-12,15-16,23H,13-14H2,1-5H3,(H,24,25). The summed E-state index contributed by atoms with van der Waals surface area (Å²) < 4.78 is 32.5. The molecule has 2 rings (SSSR count). The molecule has 0 saturated carbocycles. The first-order valence-corrected chi connectivity index (χ1v) is 11.2. The Morgan fingerprint density at radius 1 is 1.03 bits per heavy atom. The zero-order valence-electron chi connectivity index (χ0n) is 17.7. The van der Waals surface area contributed by atoms with Crippen molar-refractivity contribution >= 4 is 21.6 Å². The lowest BCUT2D eigenvalue weighted by Gasteiger charge is -2.16. The average molecular weight is 419 g/mol. The van der Waals surface area contributed by atoms with Crippen LogP contribution in [0.5, 0.6) is 5.75 Å². The zero-order valence-corrected chi connectivity index (χ0v) is 18.5. The molecule has 0 heterocycles. The lowest BCUT2D eigenvalue weighted by Crippen LogP contribution is -2.27. The Bertz CT molecular complexity index is 936. The van der Waals surface area contributed by atoms with Gasteiger partial charge < -0.3 is 10.1 Å². The van der Waals surface area contributed by atoms with E-state index in [-0.39, 0.29) is 29.2 Å². The molecule has 1 amide bonds. The SMILES string of the molecule is Cc1cccc(C(C)C)c1NC(=O)COc1ccc(S(=O)(=O)NCC(C)C)cc1. The normalized spacial score (nSPS) is 11.7. The number of carbonyl (C=O) groups is 1. The highest BCUT2D eigenvalue weighted by Gasteiger charge is 2.15. The van der Waals surface area contributed by atoms with Gasteiger partial charge in [-0.1, -0.05) is 45.9 Å². The van der Waals surface area contributed by atoms with Gasteiger partial charge in [-0.15, -0.1) is 0 Å². The van der Waals surface area contributed by atoms with Gasteiger partial charge in [-0.05, 0) is 54.2 Å². The van der Waals surface area contributed by atoms with Crippen LogP contribution in [0.3, 0.4) is 0 Å². The maximum Gasteiger partial charge on any atom is 0.262 e. The monoisotopic (exact) mass is 418 g/mol. The summed E-state index contributed by atoms with van der Waals surface area (Å²) in [7, 11) is -3.55. The second-order valence-electron chi connectivity index (χ2n) is 7.75. The number of para-hydroxylation sites is 1. The topological polar surface area (TPSA) is 84.5 Å². The van der Waals surface area contributed by atoms with Gasteiger partial charge in [0.15, 0.2) is 6.61 Å². The van der Waals surface area contributed by atoms with Crippen molar-refractivity contribution < 1.29 is 17.9 Å². The third-order valence-corrected chi connectivity index (χ3v) is 5.82. The van der Waals surface area contributed by atoms with E-state index >= 15 is 0 Å². The maximum atomic E-state index is 12.3. The van der Waals surface area contributed by atoms with Crippen LogP contribution in [0.4, 0.5) is 5.69 Å². The highest BCUT2D eigenvalue weighted by atomic mass is 32.2. The zero-order chi connectivity index (χ0) is 21.6. The minimum Gasteiger partial charge on any atom is -0.484 e. The predicted octanol–water partition coefficient (Wildman–Crippen LogP) is 4.07. The molecule has 29 heavy (non-hydrogen) atoms. The highest BCUT2D eigenvalue weighted by molar-refractivity contribution is 7.89. The fourth-order valence-electron chi connectivity index (χ4n) is 2.74. The first-order chi connectivity index (χ1) is 13.6. The van der Waals surface area contributed by atoms with Crippen LogP contribution in [0.25, 0.3) is 0 Å². The number of sulfonamides is 1. The number of aryl methyl sites for hydroxylation is 1. The lowest BCUT2D eigenvalue weighted by atomic mass is 9.98. The van der Waals surface area contributed by atoms with Gasteiger partial charge in [0.25, 0.3) is 5.91 Å². The summed E-state index contributed by atoms with van der Waals surface area (Å²) >= 11 is 0. The molecule has 0 saturated heterocycles. The number of nitrogens with one attached hydrogen (secondary N) is 2. The Hall–Kier alpha value is -2.38. The van der Waals surface area contributed by atoms with Crippen LogP contribution in [-0.2, 0) is 14.8 Å². The van der Waals surface area contributed by atoms with Crippen LogP contribution < -0.4 is 14.8 Å². The average Bonchev–Trinajstić information content (AvgIpc) is 2.66. The first kappa shape index (κ1) is 22.9. The second kappa shape index (κ2) is 9.89. The van der Waals surface area contributed by atoms with E-state index in [2.05, 4.69) is 23.9 Å². The van der Waals surface area contributed by atoms with Crippen LogP contribution in [0, 0.1) is 12.8 Å². The molecule has 0 aromatic heterocycles. The van der Waals surface area contributed by atoms with E-state index in [4.69, 9.17) is 4.74 Å². The van der Waals surface area contributed by atoms with Gasteiger partial charge >= 0.3 is 0 Å². The largest absolute Gasteiger partial charge is 0.484 e. The molecule has 2 aromatic carbocycles. The van der Waals surface area contributed by atoms with Crippen molar-refractivity contribution in [2.45, 2.75) is 45.4 Å². The molecule has 0 unspecified atom stereocenters. The second-order valence-corrected chi connectivity index (χ2v) is 9.51. The van der Waals surface area contributed by atoms with Crippen molar-refractivity contribution in [2.75, 3.05) is 18.5 Å². The van der Waals surface area contributed by atoms with E-state index in [9.17, 15) is 13.2 Å². The molecule has 0 aliphatic carbocycles. The van der Waals surface area contributed by atoms with Gasteiger partial charge in [-0.2, -0.15) is 0 Å². The Morgan fingerprint density at radius 2 is 1.69 bits per heavy atom. The molecule has 0 aliphatic heterocycles. The quantitative estimate of drug-likeness (QED) is 0.643. The number of amides is 1. The summed E-state index contributed by atoms with van der Waals surface area (Å²) in [5, 5.41) is 2.92. The van der Waals surface area contributed by atoms with Crippen molar-refractivity contribution in [1.29, 1.82) is 0 Å². The number of anilines is 1. The molecule has 0 fully saturated rings. The van der Waals surface area contributed by atoms with E-state index in [0.717, 1.165) is 16.8 Å². The highest BCUT2D eigenvalue weighted by Crippen LogP contribution is 2.27. The molecule has 6 nitrogen and oxygen atoms in total. The summed E-state index contributed by atoms with van der Waals surface area (Å²) in [6.45, 7) is 10.2. The number of benzene rings is 2. The molecule has 158 valence electrons. The smallest absolute Gasteiger partial charge is 0.262 e. The molecule has 0 bridgehead atoms. The molecule has 7 heteroatoms. The van der Waals surface area contributed by atoms with Crippen LogP contribution in [0.2, 0.25) is 0 Å². The lowest BCUT2D eigenvalue weighted by molar-refractivity contribution is -0.118. The van der Waals surface area contributed by atoms with Gasteiger partial charge in [0.05, 0.1) is 4.90 Å². The van der Waals surface area contributed by atoms with Gasteiger partial charge in [-0.25, -0.2) is 13.1 Å². The van der Waals surface area contributed by atoms with Gasteiger partial charge in [-0.3, -0.25) is 4.79 Å². The van der Waals surface area contributed by atoms with Crippen LogP contribution in [-0.4, -0.2) is 27.5 Å². The number of carbonyl (C=O) groups excluding carboxylic acids is 1. The Morgan fingerprint density at radius 3 is 2.28 bits per heavy atom. The summed E-state index contributed by atoms with van der Waals surface area (Å²) in [6, 6.07) is 12.0. The summed E-state index contributed by atoms with van der Waals surface area (Å²) in [4.78, 5) is 12.5. The Labute approximate surface area is 173 Å². The number of rotatable bonds is 9. The van der Waals surface area contributed by atoms with Gasteiger partial charge in [0.2, 0.25) is 10.0 Å². The minimum atomic E-state index is -3.55. The van der Waals surface area contributed by atoms with Gasteiger partial charge in [0, 0.05) is 12.2 Å². The van der Waals surface area contributed by atoms with Crippen molar-refractivity contribution in [3.8, 4) is 5.75 Å². The molecular weight excluding hydrogens is 388 g/mol. The minimum absolute atomic E-state index is 0.163. The van der Waals surface area contributed by atoms with E-state index in [0.29, 0.717) is 12.3 Å². The molecule has 0 atom stereocenters. The molecule has 2 N–H and O–H groups in total. The van der Waals surface area contributed by atoms with Crippen LogP contribution >= 0.6 is 0 Å². The number of hydrogen-bond acceptors (Lipinski definition) is 4. The van der Waals surface area contributed by atoms with E-state index < -0.39 is 10.0 Å². The van der Waals surface area contributed by atoms with Crippen molar-refractivity contribution in [1.82, 2.24) is 4.72 Å². The van der Waals surface area contributed by atoms with E-state index in [1.807, 2.05) is 39.0 Å². The Balaban J connectivity index is 1.98. The molecule has 0 aliphatic rings. The fourth-order valence-corrected chi connectivity index (χ4v) is 3.96. The first-order valence-electron chi connectivity index (χ1n) is 9.72. The van der Waals surface area contributed by atoms with E-state index in [1.165, 1.54) is 12.1 Å². The third-order valence-electron chi connectivity index (χ3n) is 4.38. The summed E-state index contributed by atoms with van der Waals surface area (Å²) in [6.07, 6.45) is 0. The van der Waals surface area contributed by atoms with Crippen molar-refractivity contribution in [2.24, 2.45) is 5.92 Å². The van der Waals surface area contributed by atoms with Crippen molar-refractivity contribution in [3.05, 3.63) is 53.6 Å². The van der Waals surface area contributed by atoms with Crippen molar-refractivity contribution in [3.63, 3.8) is 0 Å². The number of hydrogen-bond donors (Lipinski definition) is 2.